The van der Waals surface area contributed by atoms with Gasteiger partial charge in [-0.15, -0.1) is 3.89 Å². The number of pyridine rings is 1. The highest BCUT2D eigenvalue weighted by Crippen LogP contribution is 2.25. The van der Waals surface area contributed by atoms with Gasteiger partial charge in [0.2, 0.25) is 5.91 Å². The first-order valence-electron chi connectivity index (χ1n) is 5.50. The predicted molar refractivity (Wildman–Crippen MR) is 64.3 cm³/mol. The van der Waals surface area contributed by atoms with Crippen molar-refractivity contribution in [3.05, 3.63) is 24.0 Å². The van der Waals surface area contributed by atoms with Crippen LogP contribution >= 0.6 is 0 Å². The van der Waals surface area contributed by atoms with Crippen LogP contribution < -0.4 is 4.90 Å². The Morgan fingerprint density at radius 2 is 2.22 bits per heavy atom. The summed E-state index contributed by atoms with van der Waals surface area (Å²) in [5, 5.41) is 0. The first kappa shape index (κ1) is 12.9. The highest BCUT2D eigenvalue weighted by molar-refractivity contribution is 7.86. The van der Waals surface area contributed by atoms with Crippen LogP contribution in [0.1, 0.15) is 12.1 Å². The second-order valence-electron chi connectivity index (χ2n) is 4.44. The Morgan fingerprint density at radius 3 is 2.78 bits per heavy atom. The lowest BCUT2D eigenvalue weighted by Crippen LogP contribution is -2.25. The number of anilines is 1. The molecule has 5 nitrogen and oxygen atoms in total. The Hall–Kier alpha value is -1.50. The fraction of sp³-hybridized carbons (Fsp3) is 0.455. The van der Waals surface area contributed by atoms with Gasteiger partial charge in [0.25, 0.3) is 0 Å². The molecule has 0 aliphatic carbocycles. The van der Waals surface area contributed by atoms with Gasteiger partial charge in [0.05, 0.1) is 17.6 Å². The van der Waals surface area contributed by atoms with Gasteiger partial charge in [-0.2, -0.15) is 8.42 Å². The van der Waals surface area contributed by atoms with Gasteiger partial charge < -0.3 is 4.90 Å². The molecule has 0 N–H and O–H groups in total. The van der Waals surface area contributed by atoms with E-state index in [1.54, 1.807) is 18.3 Å². The van der Waals surface area contributed by atoms with Gasteiger partial charge in [0, 0.05) is 24.6 Å². The van der Waals surface area contributed by atoms with Crippen molar-refractivity contribution < 1.29 is 17.1 Å². The minimum absolute atomic E-state index is 0.0526. The van der Waals surface area contributed by atoms with Crippen LogP contribution in [0.3, 0.4) is 0 Å². The van der Waals surface area contributed by atoms with E-state index in [9.17, 15) is 17.1 Å². The summed E-state index contributed by atoms with van der Waals surface area (Å²) in [6, 6.07) is 3.51. The van der Waals surface area contributed by atoms with Crippen molar-refractivity contribution in [1.29, 1.82) is 0 Å². The average Bonchev–Trinajstić information content (AvgIpc) is 2.58. The maximum absolute atomic E-state index is 12.6. The average molecular weight is 272 g/mol. The second kappa shape index (κ2) is 4.64. The molecule has 1 saturated heterocycles. The molecular formula is C11H13FN2O3S. The third-order valence-electron chi connectivity index (χ3n) is 2.85. The van der Waals surface area contributed by atoms with Crippen LogP contribution in [0.4, 0.5) is 9.57 Å². The van der Waals surface area contributed by atoms with Gasteiger partial charge in [0.1, 0.15) is 0 Å². The molecule has 18 heavy (non-hydrogen) atoms. The van der Waals surface area contributed by atoms with Crippen molar-refractivity contribution in [1.82, 2.24) is 4.98 Å². The van der Waals surface area contributed by atoms with Crippen molar-refractivity contribution in [2.24, 2.45) is 5.92 Å². The molecule has 2 heterocycles. The summed E-state index contributed by atoms with van der Waals surface area (Å²) in [5.41, 5.74) is 1.44. The van der Waals surface area contributed by atoms with Gasteiger partial charge in [-0.3, -0.25) is 9.78 Å². The monoisotopic (exact) mass is 272 g/mol. The first-order chi connectivity index (χ1) is 8.35. The molecule has 0 aromatic carbocycles. The van der Waals surface area contributed by atoms with E-state index in [1.165, 1.54) is 4.90 Å². The van der Waals surface area contributed by atoms with Gasteiger partial charge >= 0.3 is 10.2 Å². The molecule has 1 unspecified atom stereocenters. The van der Waals surface area contributed by atoms with Crippen LogP contribution in [-0.4, -0.2) is 31.6 Å². The Morgan fingerprint density at radius 1 is 1.50 bits per heavy atom. The van der Waals surface area contributed by atoms with E-state index in [4.69, 9.17) is 0 Å². The number of hydrogen-bond acceptors (Lipinski definition) is 4. The van der Waals surface area contributed by atoms with Crippen LogP contribution in [0.25, 0.3) is 0 Å². The van der Waals surface area contributed by atoms with E-state index >= 15 is 0 Å². The van der Waals surface area contributed by atoms with Crippen molar-refractivity contribution in [3.63, 3.8) is 0 Å². The second-order valence-corrected chi connectivity index (χ2v) is 5.85. The van der Waals surface area contributed by atoms with Crippen LogP contribution in [0.2, 0.25) is 0 Å². The van der Waals surface area contributed by atoms with Crippen molar-refractivity contribution in [2.75, 3.05) is 17.2 Å². The molecule has 1 aliphatic heterocycles. The molecule has 1 atom stereocenters. The van der Waals surface area contributed by atoms with Gasteiger partial charge in [-0.1, -0.05) is 0 Å². The quantitative estimate of drug-likeness (QED) is 0.771. The van der Waals surface area contributed by atoms with E-state index in [2.05, 4.69) is 4.98 Å². The zero-order valence-electron chi connectivity index (χ0n) is 9.84. The number of rotatable bonds is 3. The molecule has 1 fully saturated rings. The summed E-state index contributed by atoms with van der Waals surface area (Å²) < 4.78 is 33.7. The molecule has 1 aromatic heterocycles. The van der Waals surface area contributed by atoms with E-state index in [-0.39, 0.29) is 18.9 Å². The van der Waals surface area contributed by atoms with Crippen LogP contribution in [0.15, 0.2) is 18.3 Å². The zero-order chi connectivity index (χ0) is 13.3. The SMILES string of the molecule is Cc1ccc(N2CC(CS(=O)(=O)F)CC2=O)cn1. The maximum atomic E-state index is 12.6. The molecule has 0 bridgehead atoms. The molecule has 2 rings (SSSR count). The smallest absolute Gasteiger partial charge is 0.302 e. The number of hydrogen-bond donors (Lipinski definition) is 0. The molecule has 1 aliphatic rings. The standard InChI is InChI=1S/C11H13FN2O3S/c1-8-2-3-10(5-13-8)14-6-9(4-11(14)15)7-18(12,16)17/h2-3,5,9H,4,6-7H2,1H3. The highest BCUT2D eigenvalue weighted by Gasteiger charge is 2.33. The molecule has 1 aromatic rings. The number of carbonyl (C=O) groups excluding carboxylic acids is 1. The minimum atomic E-state index is -4.54. The van der Waals surface area contributed by atoms with E-state index in [0.717, 1.165) is 5.69 Å². The van der Waals surface area contributed by atoms with Crippen LogP contribution in [0.5, 0.6) is 0 Å². The van der Waals surface area contributed by atoms with E-state index < -0.39 is 21.9 Å². The normalized spacial score (nSPS) is 20.4. The topological polar surface area (TPSA) is 67.3 Å². The maximum Gasteiger partial charge on any atom is 0.302 e. The number of carbonyl (C=O) groups is 1. The number of aromatic nitrogens is 1. The predicted octanol–water partition coefficient (Wildman–Crippen LogP) is 1.04. The summed E-state index contributed by atoms with van der Waals surface area (Å²) in [5.74, 6) is -1.29. The van der Waals surface area contributed by atoms with E-state index in [0.29, 0.717) is 5.69 Å². The number of aryl methyl sites for hydroxylation is 1. The molecule has 1 amide bonds. The largest absolute Gasteiger partial charge is 0.311 e. The summed E-state index contributed by atoms with van der Waals surface area (Å²) in [6.07, 6.45) is 1.61. The summed E-state index contributed by atoms with van der Waals surface area (Å²) in [7, 11) is -4.54. The lowest BCUT2D eigenvalue weighted by Gasteiger charge is -2.16. The zero-order valence-corrected chi connectivity index (χ0v) is 10.7. The molecule has 7 heteroatoms. The third-order valence-corrected chi connectivity index (χ3v) is 3.72. The van der Waals surface area contributed by atoms with Crippen molar-refractivity contribution >= 4 is 21.8 Å². The van der Waals surface area contributed by atoms with Crippen molar-refractivity contribution in [3.8, 4) is 0 Å². The molecule has 98 valence electrons. The third kappa shape index (κ3) is 3.04. The van der Waals surface area contributed by atoms with Crippen LogP contribution in [0, 0.1) is 12.8 Å². The van der Waals surface area contributed by atoms with Crippen LogP contribution in [-0.2, 0) is 15.0 Å². The number of nitrogens with zero attached hydrogens (tertiary/aromatic N) is 2. The Bertz CT molecular complexity index is 556. The molecule has 0 spiro atoms. The van der Waals surface area contributed by atoms with Crippen molar-refractivity contribution in [2.45, 2.75) is 13.3 Å². The lowest BCUT2D eigenvalue weighted by atomic mass is 10.1. The number of amides is 1. The Kier molecular flexibility index (Phi) is 3.34. The summed E-state index contributed by atoms with van der Waals surface area (Å²) in [4.78, 5) is 17.3. The fourth-order valence-electron chi connectivity index (χ4n) is 2.04. The number of halogens is 1. The Labute approximate surface area is 105 Å². The highest BCUT2D eigenvalue weighted by atomic mass is 32.3. The Balaban J connectivity index is 2.12. The molecule has 0 saturated carbocycles. The fourth-order valence-corrected chi connectivity index (χ4v) is 2.83. The van der Waals surface area contributed by atoms with Gasteiger partial charge in [-0.05, 0) is 19.1 Å². The summed E-state index contributed by atoms with van der Waals surface area (Å²) >= 11 is 0. The van der Waals surface area contributed by atoms with Gasteiger partial charge in [-0.25, -0.2) is 0 Å². The molecule has 0 radical (unpaired) electrons. The first-order valence-corrected chi connectivity index (χ1v) is 7.06. The summed E-state index contributed by atoms with van der Waals surface area (Å²) in [6.45, 7) is 2.04. The van der Waals surface area contributed by atoms with E-state index in [1.807, 2.05) is 6.92 Å². The lowest BCUT2D eigenvalue weighted by molar-refractivity contribution is -0.117. The molecular weight excluding hydrogens is 259 g/mol. The minimum Gasteiger partial charge on any atom is -0.311 e. The van der Waals surface area contributed by atoms with Gasteiger partial charge in [0.15, 0.2) is 0 Å².